The monoisotopic (exact) mass is 270 g/mol. The van der Waals surface area contributed by atoms with Crippen molar-refractivity contribution in [2.24, 2.45) is 4.99 Å². The van der Waals surface area contributed by atoms with Crippen LogP contribution >= 0.6 is 11.8 Å². The molecule has 5 heteroatoms. The highest BCUT2D eigenvalue weighted by Gasteiger charge is 2.32. The molecule has 0 atom stereocenters. The van der Waals surface area contributed by atoms with Crippen LogP contribution in [-0.4, -0.2) is 16.5 Å². The SMILES string of the molecule is CCC1(CC)CSC(Nc2cc(F)ccc2F)=N1. The second kappa shape index (κ2) is 5.26. The average molecular weight is 270 g/mol. The third-order valence-electron chi connectivity index (χ3n) is 3.30. The molecule has 1 aromatic rings. The largest absolute Gasteiger partial charge is 0.332 e. The summed E-state index contributed by atoms with van der Waals surface area (Å²) in [7, 11) is 0. The van der Waals surface area contributed by atoms with Gasteiger partial charge in [0.15, 0.2) is 5.17 Å². The van der Waals surface area contributed by atoms with Crippen LogP contribution in [0.15, 0.2) is 23.2 Å². The van der Waals surface area contributed by atoms with Gasteiger partial charge in [-0.15, -0.1) is 0 Å². The van der Waals surface area contributed by atoms with E-state index >= 15 is 0 Å². The molecular weight excluding hydrogens is 254 g/mol. The second-order valence-electron chi connectivity index (χ2n) is 4.39. The molecular formula is C13H16F2N2S. The zero-order valence-corrected chi connectivity index (χ0v) is 11.3. The minimum absolute atomic E-state index is 0.0587. The molecule has 0 saturated carbocycles. The Labute approximate surface area is 110 Å². The van der Waals surface area contributed by atoms with Crippen LogP contribution < -0.4 is 5.32 Å². The van der Waals surface area contributed by atoms with E-state index in [0.717, 1.165) is 36.8 Å². The van der Waals surface area contributed by atoms with E-state index in [4.69, 9.17) is 0 Å². The maximum absolute atomic E-state index is 13.5. The molecule has 2 nitrogen and oxygen atoms in total. The predicted octanol–water partition coefficient (Wildman–Crippen LogP) is 4.04. The van der Waals surface area contributed by atoms with Crippen molar-refractivity contribution in [1.82, 2.24) is 0 Å². The van der Waals surface area contributed by atoms with Gasteiger partial charge in [0.2, 0.25) is 0 Å². The molecule has 1 aliphatic heterocycles. The van der Waals surface area contributed by atoms with Crippen LogP contribution in [0.3, 0.4) is 0 Å². The maximum Gasteiger partial charge on any atom is 0.161 e. The minimum Gasteiger partial charge on any atom is -0.332 e. The lowest BCUT2D eigenvalue weighted by atomic mass is 9.97. The quantitative estimate of drug-likeness (QED) is 0.896. The summed E-state index contributed by atoms with van der Waals surface area (Å²) in [6.45, 7) is 4.19. The Morgan fingerprint density at radius 1 is 1.33 bits per heavy atom. The van der Waals surface area contributed by atoms with Gasteiger partial charge in [-0.05, 0) is 25.0 Å². The van der Waals surface area contributed by atoms with Crippen LogP contribution in [0.25, 0.3) is 0 Å². The fraction of sp³-hybridized carbons (Fsp3) is 0.462. The molecule has 0 amide bonds. The van der Waals surface area contributed by atoms with E-state index in [9.17, 15) is 8.78 Å². The topological polar surface area (TPSA) is 24.4 Å². The van der Waals surface area contributed by atoms with Gasteiger partial charge < -0.3 is 5.32 Å². The molecule has 0 unspecified atom stereocenters. The average Bonchev–Trinajstić information content (AvgIpc) is 2.78. The van der Waals surface area contributed by atoms with Gasteiger partial charge in [-0.25, -0.2) is 8.78 Å². The van der Waals surface area contributed by atoms with E-state index in [-0.39, 0.29) is 11.2 Å². The Kier molecular flexibility index (Phi) is 3.90. The Morgan fingerprint density at radius 3 is 2.67 bits per heavy atom. The molecule has 1 aliphatic rings. The van der Waals surface area contributed by atoms with Crippen molar-refractivity contribution >= 4 is 22.6 Å². The molecule has 18 heavy (non-hydrogen) atoms. The molecule has 0 radical (unpaired) electrons. The van der Waals surface area contributed by atoms with Gasteiger partial charge >= 0.3 is 0 Å². The van der Waals surface area contributed by atoms with E-state index in [0.29, 0.717) is 5.17 Å². The number of hydrogen-bond donors (Lipinski definition) is 1. The van der Waals surface area contributed by atoms with Crippen LogP contribution in [0.5, 0.6) is 0 Å². The van der Waals surface area contributed by atoms with E-state index in [1.807, 2.05) is 0 Å². The highest BCUT2D eigenvalue weighted by atomic mass is 32.2. The molecule has 0 fully saturated rings. The zero-order valence-electron chi connectivity index (χ0n) is 10.5. The fourth-order valence-corrected chi connectivity index (χ4v) is 3.19. The molecule has 1 N–H and O–H groups in total. The lowest BCUT2D eigenvalue weighted by Crippen LogP contribution is -2.24. The third-order valence-corrected chi connectivity index (χ3v) is 4.45. The van der Waals surface area contributed by atoms with Gasteiger partial charge in [0.25, 0.3) is 0 Å². The van der Waals surface area contributed by atoms with Gasteiger partial charge in [-0.3, -0.25) is 4.99 Å². The molecule has 0 saturated heterocycles. The van der Waals surface area contributed by atoms with E-state index in [1.54, 1.807) is 11.8 Å². The number of thioether (sulfide) groups is 1. The number of halogens is 2. The number of rotatable bonds is 3. The number of hydrogen-bond acceptors (Lipinski definition) is 3. The molecule has 0 aliphatic carbocycles. The van der Waals surface area contributed by atoms with Crippen molar-refractivity contribution in [3.63, 3.8) is 0 Å². The summed E-state index contributed by atoms with van der Waals surface area (Å²) in [4.78, 5) is 4.60. The third kappa shape index (κ3) is 2.66. The first-order chi connectivity index (χ1) is 8.58. The number of amidine groups is 1. The Morgan fingerprint density at radius 2 is 2.06 bits per heavy atom. The van der Waals surface area contributed by atoms with Gasteiger partial charge in [0, 0.05) is 11.8 Å². The van der Waals surface area contributed by atoms with Gasteiger partial charge in [0.1, 0.15) is 11.6 Å². The lowest BCUT2D eigenvalue weighted by molar-refractivity contribution is 0.456. The molecule has 1 aromatic carbocycles. The second-order valence-corrected chi connectivity index (χ2v) is 5.35. The van der Waals surface area contributed by atoms with Crippen LogP contribution in [0.4, 0.5) is 14.5 Å². The van der Waals surface area contributed by atoms with Gasteiger partial charge in [0.05, 0.1) is 11.2 Å². The number of nitrogens with one attached hydrogen (secondary N) is 1. The number of anilines is 1. The summed E-state index contributed by atoms with van der Waals surface area (Å²) in [6.07, 6.45) is 1.90. The Balaban J connectivity index is 2.18. The van der Waals surface area contributed by atoms with Crippen molar-refractivity contribution in [3.8, 4) is 0 Å². The smallest absolute Gasteiger partial charge is 0.161 e. The number of benzene rings is 1. The first-order valence-corrected chi connectivity index (χ1v) is 7.02. The highest BCUT2D eigenvalue weighted by Crippen LogP contribution is 2.34. The van der Waals surface area contributed by atoms with Crippen molar-refractivity contribution in [1.29, 1.82) is 0 Å². The highest BCUT2D eigenvalue weighted by molar-refractivity contribution is 8.14. The molecule has 1 heterocycles. The summed E-state index contributed by atoms with van der Waals surface area (Å²) in [5, 5.41) is 3.54. The Bertz CT molecular complexity index is 470. The number of nitrogens with zero attached hydrogens (tertiary/aromatic N) is 1. The normalized spacial score (nSPS) is 17.7. The van der Waals surface area contributed by atoms with E-state index in [2.05, 4.69) is 24.2 Å². The summed E-state index contributed by atoms with van der Waals surface area (Å²) in [5.74, 6) is -0.0378. The van der Waals surface area contributed by atoms with Crippen molar-refractivity contribution in [2.75, 3.05) is 11.1 Å². The lowest BCUT2D eigenvalue weighted by Gasteiger charge is -2.20. The molecule has 98 valence electrons. The maximum atomic E-state index is 13.5. The Hall–Kier alpha value is -1.10. The molecule has 0 bridgehead atoms. The number of aliphatic imine (C=N–C) groups is 1. The molecule has 2 rings (SSSR count). The van der Waals surface area contributed by atoms with Gasteiger partial charge in [-0.1, -0.05) is 25.6 Å². The molecule has 0 aromatic heterocycles. The van der Waals surface area contributed by atoms with Crippen LogP contribution in [0.1, 0.15) is 26.7 Å². The summed E-state index contributed by atoms with van der Waals surface area (Å²) >= 11 is 1.56. The van der Waals surface area contributed by atoms with E-state index in [1.165, 1.54) is 0 Å². The minimum atomic E-state index is -0.467. The van der Waals surface area contributed by atoms with Crippen LogP contribution in [0.2, 0.25) is 0 Å². The summed E-state index contributed by atoms with van der Waals surface area (Å²) in [5.41, 5.74) is 0.0841. The first-order valence-electron chi connectivity index (χ1n) is 6.03. The summed E-state index contributed by atoms with van der Waals surface area (Å²) < 4.78 is 26.5. The van der Waals surface area contributed by atoms with E-state index < -0.39 is 11.6 Å². The van der Waals surface area contributed by atoms with Crippen LogP contribution in [0, 0.1) is 11.6 Å². The molecule has 0 spiro atoms. The predicted molar refractivity (Wildman–Crippen MR) is 73.2 cm³/mol. The first kappa shape index (κ1) is 13.3. The zero-order chi connectivity index (χ0) is 13.2. The van der Waals surface area contributed by atoms with Crippen molar-refractivity contribution in [2.45, 2.75) is 32.2 Å². The van der Waals surface area contributed by atoms with Crippen LogP contribution in [-0.2, 0) is 0 Å². The van der Waals surface area contributed by atoms with Gasteiger partial charge in [-0.2, -0.15) is 0 Å². The van der Waals surface area contributed by atoms with Crippen molar-refractivity contribution < 1.29 is 8.78 Å². The fourth-order valence-electron chi connectivity index (χ4n) is 1.87. The summed E-state index contributed by atoms with van der Waals surface area (Å²) in [6, 6.07) is 3.37. The standard InChI is InChI=1S/C13H16F2N2S/c1-3-13(4-2)8-18-12(17-13)16-11-7-9(14)5-6-10(11)15/h5-7H,3-4,8H2,1-2H3,(H,16,17). The van der Waals surface area contributed by atoms with Crippen molar-refractivity contribution in [3.05, 3.63) is 29.8 Å².